The van der Waals surface area contributed by atoms with Crippen LogP contribution in [-0.4, -0.2) is 77.3 Å². The average Bonchev–Trinajstić information content (AvgIpc) is 3.32. The van der Waals surface area contributed by atoms with Crippen molar-refractivity contribution >= 4 is 6.03 Å². The number of azo groups is 1. The van der Waals surface area contributed by atoms with Crippen molar-refractivity contribution in [2.24, 2.45) is 28.0 Å². The van der Waals surface area contributed by atoms with Crippen LogP contribution >= 0.6 is 0 Å². The molecule has 0 bridgehead atoms. The van der Waals surface area contributed by atoms with Gasteiger partial charge in [0.15, 0.2) is 0 Å². The van der Waals surface area contributed by atoms with E-state index in [1.807, 2.05) is 28.9 Å². The molecule has 200 valence electrons. The lowest BCUT2D eigenvalue weighted by Crippen LogP contribution is -2.56. The Morgan fingerprint density at radius 2 is 2.08 bits per heavy atom. The van der Waals surface area contributed by atoms with Gasteiger partial charge in [0.05, 0.1) is 6.04 Å². The number of hydrogen-bond acceptors (Lipinski definition) is 6. The maximum absolute atomic E-state index is 14.7. The van der Waals surface area contributed by atoms with Crippen LogP contribution in [0.1, 0.15) is 43.5 Å². The maximum atomic E-state index is 14.7. The minimum atomic E-state index is -0.503. The molecule has 2 amide bonds. The molecular formula is C27H36F2N6O2. The second-order valence-corrected chi connectivity index (χ2v) is 11.0. The van der Waals surface area contributed by atoms with E-state index in [9.17, 15) is 18.7 Å². The summed E-state index contributed by atoms with van der Waals surface area (Å²) in [5.41, 5.74) is 2.09. The Kier molecular flexibility index (Phi) is 7.67. The van der Waals surface area contributed by atoms with Crippen LogP contribution in [0.4, 0.5) is 13.6 Å². The highest BCUT2D eigenvalue weighted by molar-refractivity contribution is 5.74. The number of aryl methyl sites for hydroxylation is 1. The molecule has 4 heterocycles. The number of aromatic nitrogens is 1. The van der Waals surface area contributed by atoms with E-state index in [-0.39, 0.29) is 60.6 Å². The van der Waals surface area contributed by atoms with Crippen LogP contribution in [0.3, 0.4) is 0 Å². The van der Waals surface area contributed by atoms with Gasteiger partial charge in [-0.25, -0.2) is 13.6 Å². The van der Waals surface area contributed by atoms with Gasteiger partial charge in [-0.15, -0.1) is 0 Å². The number of amides is 2. The van der Waals surface area contributed by atoms with Gasteiger partial charge in [0.1, 0.15) is 17.7 Å². The number of aliphatic hydroxyl groups excluding tert-OH is 1. The lowest BCUT2D eigenvalue weighted by molar-refractivity contribution is 0.0981. The number of rotatable bonds is 5. The largest absolute Gasteiger partial charge is 0.396 e. The van der Waals surface area contributed by atoms with Crippen molar-refractivity contribution in [3.8, 4) is 0 Å². The first-order valence-corrected chi connectivity index (χ1v) is 13.3. The molecule has 8 nitrogen and oxygen atoms in total. The Morgan fingerprint density at radius 3 is 2.86 bits per heavy atom. The normalized spacial score (nSPS) is 32.4. The van der Waals surface area contributed by atoms with Crippen molar-refractivity contribution in [3.63, 3.8) is 0 Å². The third-order valence-electron chi connectivity index (χ3n) is 8.15. The standard InChI is InChI=1S/C27H36F2N6O2/c1-16-3-4-23(28)21(25(16)29)13-34-11-18(15-36)10-20(12-34)31-27(37)35-8-6-24-22(14-35)26(33-32-24)19-5-7-30-17(2)9-19/h4-5,7,9,16,18,20,22,24,26,36H,3,6,8,10-15H2,1-2H3,(H,31,37). The minimum absolute atomic E-state index is 0.0391. The van der Waals surface area contributed by atoms with E-state index in [2.05, 4.69) is 20.5 Å². The van der Waals surface area contributed by atoms with E-state index in [1.165, 1.54) is 6.08 Å². The number of hydrogen-bond donors (Lipinski definition) is 2. The molecule has 6 unspecified atom stereocenters. The Labute approximate surface area is 216 Å². The van der Waals surface area contributed by atoms with Gasteiger partial charge in [-0.3, -0.25) is 9.88 Å². The predicted octanol–water partition coefficient (Wildman–Crippen LogP) is 4.10. The summed E-state index contributed by atoms with van der Waals surface area (Å²) in [5, 5.41) is 22.1. The summed E-state index contributed by atoms with van der Waals surface area (Å²) >= 11 is 0. The van der Waals surface area contributed by atoms with Gasteiger partial charge < -0.3 is 15.3 Å². The second kappa shape index (κ2) is 10.9. The molecule has 37 heavy (non-hydrogen) atoms. The third kappa shape index (κ3) is 5.60. The minimum Gasteiger partial charge on any atom is -0.396 e. The first kappa shape index (κ1) is 25.9. The number of likely N-dealkylation sites (tertiary alicyclic amines) is 2. The van der Waals surface area contributed by atoms with Gasteiger partial charge >= 0.3 is 6.03 Å². The van der Waals surface area contributed by atoms with Crippen LogP contribution < -0.4 is 5.32 Å². The molecule has 1 aromatic rings. The zero-order valence-electron chi connectivity index (χ0n) is 21.5. The highest BCUT2D eigenvalue weighted by atomic mass is 19.1. The van der Waals surface area contributed by atoms with Crippen LogP contribution in [0, 0.1) is 24.7 Å². The van der Waals surface area contributed by atoms with Crippen molar-refractivity contribution in [1.82, 2.24) is 20.1 Å². The molecule has 0 spiro atoms. The zero-order valence-corrected chi connectivity index (χ0v) is 21.5. The molecule has 5 rings (SSSR count). The highest BCUT2D eigenvalue weighted by Crippen LogP contribution is 2.40. The summed E-state index contributed by atoms with van der Waals surface area (Å²) in [6.07, 6.45) is 4.97. The monoisotopic (exact) mass is 514 g/mol. The number of carbonyl (C=O) groups excluding carboxylic acids is 1. The summed E-state index contributed by atoms with van der Waals surface area (Å²) in [6, 6.07) is 3.64. The second-order valence-electron chi connectivity index (χ2n) is 11.0. The van der Waals surface area contributed by atoms with Crippen molar-refractivity contribution in [1.29, 1.82) is 0 Å². The number of allylic oxidation sites excluding steroid dienone is 2. The number of fused-ring (bicyclic) bond motifs is 1. The van der Waals surface area contributed by atoms with Crippen LogP contribution in [0.5, 0.6) is 0 Å². The number of nitrogens with one attached hydrogen (secondary N) is 1. The van der Waals surface area contributed by atoms with E-state index in [0.29, 0.717) is 39.0 Å². The number of nitrogens with zero attached hydrogens (tertiary/aromatic N) is 5. The summed E-state index contributed by atoms with van der Waals surface area (Å²) < 4.78 is 29.1. The molecular weight excluding hydrogens is 478 g/mol. The number of carbonyl (C=O) groups is 1. The first-order valence-electron chi connectivity index (χ1n) is 13.3. The van der Waals surface area contributed by atoms with Crippen molar-refractivity contribution in [2.75, 3.05) is 39.3 Å². The van der Waals surface area contributed by atoms with Gasteiger partial charge in [-0.05, 0) is 55.9 Å². The molecule has 2 saturated heterocycles. The highest BCUT2D eigenvalue weighted by Gasteiger charge is 2.42. The van der Waals surface area contributed by atoms with Crippen LogP contribution in [-0.2, 0) is 0 Å². The molecule has 0 saturated carbocycles. The Balaban J connectivity index is 1.22. The first-order chi connectivity index (χ1) is 17.8. The number of piperidine rings is 2. The van der Waals surface area contributed by atoms with E-state index < -0.39 is 11.7 Å². The Bertz CT molecular complexity index is 1110. The van der Waals surface area contributed by atoms with Gasteiger partial charge in [0.2, 0.25) is 0 Å². The smallest absolute Gasteiger partial charge is 0.317 e. The zero-order chi connectivity index (χ0) is 26.1. The van der Waals surface area contributed by atoms with E-state index in [0.717, 1.165) is 17.7 Å². The van der Waals surface area contributed by atoms with E-state index in [1.54, 1.807) is 13.1 Å². The fraction of sp³-hybridized carbons (Fsp3) is 0.630. The van der Waals surface area contributed by atoms with Gasteiger partial charge in [0, 0.05) is 74.7 Å². The number of urea groups is 1. The van der Waals surface area contributed by atoms with Crippen molar-refractivity contribution in [3.05, 3.63) is 52.9 Å². The van der Waals surface area contributed by atoms with Crippen molar-refractivity contribution < 1.29 is 18.7 Å². The van der Waals surface area contributed by atoms with Crippen LogP contribution in [0.2, 0.25) is 0 Å². The Hall–Kier alpha value is -2.72. The lowest BCUT2D eigenvalue weighted by atomic mass is 9.85. The maximum Gasteiger partial charge on any atom is 0.317 e. The van der Waals surface area contributed by atoms with Crippen molar-refractivity contribution in [2.45, 2.75) is 51.2 Å². The molecule has 1 aromatic heterocycles. The predicted molar refractivity (Wildman–Crippen MR) is 135 cm³/mol. The van der Waals surface area contributed by atoms with Gasteiger partial charge in [-0.1, -0.05) is 6.92 Å². The fourth-order valence-corrected chi connectivity index (χ4v) is 6.14. The average molecular weight is 515 g/mol. The number of aliphatic hydroxyl groups is 1. The van der Waals surface area contributed by atoms with Gasteiger partial charge in [0.25, 0.3) is 0 Å². The fourth-order valence-electron chi connectivity index (χ4n) is 6.14. The van der Waals surface area contributed by atoms with Crippen LogP contribution in [0.15, 0.2) is 51.9 Å². The topological polar surface area (TPSA) is 93.4 Å². The quantitative estimate of drug-likeness (QED) is 0.619. The Morgan fingerprint density at radius 1 is 1.24 bits per heavy atom. The summed E-state index contributed by atoms with van der Waals surface area (Å²) in [4.78, 5) is 21.4. The van der Waals surface area contributed by atoms with E-state index in [4.69, 9.17) is 0 Å². The molecule has 2 fully saturated rings. The third-order valence-corrected chi connectivity index (χ3v) is 8.15. The summed E-state index contributed by atoms with van der Waals surface area (Å²) in [5.74, 6) is -1.20. The summed E-state index contributed by atoms with van der Waals surface area (Å²) in [6.45, 7) is 5.96. The SMILES string of the molecule is Cc1cc(C2N=NC3CCN(C(=O)NC4CC(CO)CN(CC5=C(F)C(C)CC=C5F)C4)CC32)ccn1. The van der Waals surface area contributed by atoms with Gasteiger partial charge in [-0.2, -0.15) is 10.2 Å². The number of halogens is 2. The summed E-state index contributed by atoms with van der Waals surface area (Å²) in [7, 11) is 0. The van der Waals surface area contributed by atoms with E-state index >= 15 is 0 Å². The molecule has 0 radical (unpaired) electrons. The number of pyridine rings is 1. The van der Waals surface area contributed by atoms with Crippen LogP contribution in [0.25, 0.3) is 0 Å². The molecule has 10 heteroatoms. The molecule has 6 atom stereocenters. The molecule has 4 aliphatic rings. The molecule has 3 aliphatic heterocycles. The molecule has 1 aliphatic carbocycles. The lowest BCUT2D eigenvalue weighted by Gasteiger charge is -2.40. The molecule has 0 aromatic carbocycles. The molecule has 2 N–H and O–H groups in total.